The molecule has 0 aliphatic carbocycles. The van der Waals surface area contributed by atoms with E-state index in [1.807, 2.05) is 55.5 Å². The van der Waals surface area contributed by atoms with E-state index in [1.54, 1.807) is 12.1 Å². The van der Waals surface area contributed by atoms with Crippen molar-refractivity contribution in [3.05, 3.63) is 83.4 Å². The Morgan fingerprint density at radius 3 is 2.31 bits per heavy atom. The van der Waals surface area contributed by atoms with Crippen LogP contribution in [0.4, 0.5) is 0 Å². The number of phenolic OH excluding ortho intramolecular Hbond substituents is 1. The molecule has 0 bridgehead atoms. The molecule has 0 aromatic heterocycles. The maximum Gasteiger partial charge on any atom is 0.312 e. The first kappa shape index (κ1) is 16.2. The van der Waals surface area contributed by atoms with Crippen molar-refractivity contribution in [1.82, 2.24) is 0 Å². The average molecular weight is 346 g/mol. The molecule has 0 radical (unpaired) electrons. The predicted molar refractivity (Wildman–Crippen MR) is 97.9 cm³/mol. The summed E-state index contributed by atoms with van der Waals surface area (Å²) in [6.07, 6.45) is 0.274. The van der Waals surface area contributed by atoms with E-state index in [9.17, 15) is 9.90 Å². The van der Waals surface area contributed by atoms with Gasteiger partial charge in [0.05, 0.1) is 6.42 Å². The second-order valence-corrected chi connectivity index (χ2v) is 6.44. The van der Waals surface area contributed by atoms with Crippen LogP contribution in [0.25, 0.3) is 0 Å². The van der Waals surface area contributed by atoms with Gasteiger partial charge >= 0.3 is 5.97 Å². The molecule has 3 aromatic rings. The summed E-state index contributed by atoms with van der Waals surface area (Å²) in [7, 11) is 0. The second kappa shape index (κ2) is 6.56. The Morgan fingerprint density at radius 2 is 1.62 bits per heavy atom. The molecule has 4 rings (SSSR count). The lowest BCUT2D eigenvalue weighted by atomic mass is 9.86. The Balaban J connectivity index is 1.59. The summed E-state index contributed by atoms with van der Waals surface area (Å²) in [4.78, 5) is 11.9. The Labute approximate surface area is 151 Å². The summed E-state index contributed by atoms with van der Waals surface area (Å²) in [6.45, 7) is 2.03. The number of rotatable bonds is 3. The van der Waals surface area contributed by atoms with E-state index < -0.39 is 0 Å². The largest absolute Gasteiger partial charge is 0.508 e. The standard InChI is InChI=1S/C22H18O4/c1-14-2-7-17(8-3-14)25-18-9-4-15(5-10-18)20-13-22(24)26-21-12-16(23)6-11-19(20)21/h2-12,20,23H,13H2,1H3. The zero-order valence-corrected chi connectivity index (χ0v) is 14.3. The summed E-state index contributed by atoms with van der Waals surface area (Å²) < 4.78 is 11.1. The monoisotopic (exact) mass is 346 g/mol. The van der Waals surface area contributed by atoms with Gasteiger partial charge in [0.15, 0.2) is 0 Å². The minimum absolute atomic E-state index is 0.0824. The van der Waals surface area contributed by atoms with Crippen molar-refractivity contribution in [3.8, 4) is 23.0 Å². The minimum Gasteiger partial charge on any atom is -0.508 e. The Hall–Kier alpha value is -3.27. The van der Waals surface area contributed by atoms with Crippen LogP contribution in [0.5, 0.6) is 23.0 Å². The van der Waals surface area contributed by atoms with Gasteiger partial charge in [-0.15, -0.1) is 0 Å². The number of ether oxygens (including phenoxy) is 2. The van der Waals surface area contributed by atoms with Gasteiger partial charge in [0.2, 0.25) is 0 Å². The van der Waals surface area contributed by atoms with E-state index in [2.05, 4.69) is 0 Å². The first-order chi connectivity index (χ1) is 12.6. The van der Waals surface area contributed by atoms with E-state index in [1.165, 1.54) is 11.6 Å². The van der Waals surface area contributed by atoms with E-state index in [0.29, 0.717) is 5.75 Å². The van der Waals surface area contributed by atoms with Crippen LogP contribution in [0, 0.1) is 6.92 Å². The van der Waals surface area contributed by atoms with Crippen LogP contribution in [0.15, 0.2) is 66.7 Å². The average Bonchev–Trinajstić information content (AvgIpc) is 2.63. The molecule has 130 valence electrons. The van der Waals surface area contributed by atoms with Crippen molar-refractivity contribution >= 4 is 5.97 Å². The Kier molecular flexibility index (Phi) is 4.09. The van der Waals surface area contributed by atoms with Crippen LogP contribution in [0.2, 0.25) is 0 Å². The van der Waals surface area contributed by atoms with Crippen LogP contribution >= 0.6 is 0 Å². The first-order valence-electron chi connectivity index (χ1n) is 8.46. The van der Waals surface area contributed by atoms with Crippen molar-refractivity contribution in [3.63, 3.8) is 0 Å². The van der Waals surface area contributed by atoms with Gasteiger partial charge in [-0.05, 0) is 42.8 Å². The van der Waals surface area contributed by atoms with Gasteiger partial charge in [0.1, 0.15) is 23.0 Å². The van der Waals surface area contributed by atoms with Gasteiger partial charge in [-0.3, -0.25) is 4.79 Å². The molecular weight excluding hydrogens is 328 g/mol. The number of hydrogen-bond donors (Lipinski definition) is 1. The quantitative estimate of drug-likeness (QED) is 0.539. The molecule has 3 aromatic carbocycles. The number of hydrogen-bond acceptors (Lipinski definition) is 4. The zero-order valence-electron chi connectivity index (χ0n) is 14.3. The van der Waals surface area contributed by atoms with Crippen LogP contribution in [-0.2, 0) is 4.79 Å². The van der Waals surface area contributed by atoms with Crippen molar-refractivity contribution in [2.75, 3.05) is 0 Å². The van der Waals surface area contributed by atoms with E-state index in [-0.39, 0.29) is 24.1 Å². The zero-order chi connectivity index (χ0) is 18.1. The molecule has 1 aliphatic heterocycles. The number of benzene rings is 3. The van der Waals surface area contributed by atoms with E-state index in [4.69, 9.17) is 9.47 Å². The molecule has 1 unspecified atom stereocenters. The number of carbonyl (C=O) groups is 1. The van der Waals surface area contributed by atoms with Crippen LogP contribution < -0.4 is 9.47 Å². The highest BCUT2D eigenvalue weighted by Gasteiger charge is 2.28. The number of esters is 1. The third-order valence-electron chi connectivity index (χ3n) is 4.51. The van der Waals surface area contributed by atoms with Crippen LogP contribution in [0.3, 0.4) is 0 Å². The third-order valence-corrected chi connectivity index (χ3v) is 4.51. The molecule has 1 aliphatic rings. The van der Waals surface area contributed by atoms with Gasteiger partial charge in [-0.1, -0.05) is 35.9 Å². The van der Waals surface area contributed by atoms with Crippen LogP contribution in [-0.4, -0.2) is 11.1 Å². The summed E-state index contributed by atoms with van der Waals surface area (Å²) in [6, 6.07) is 20.5. The maximum absolute atomic E-state index is 11.9. The van der Waals surface area contributed by atoms with Crippen LogP contribution in [0.1, 0.15) is 29.0 Å². The van der Waals surface area contributed by atoms with Crippen molar-refractivity contribution in [1.29, 1.82) is 0 Å². The van der Waals surface area contributed by atoms with Gasteiger partial charge in [-0.2, -0.15) is 0 Å². The predicted octanol–water partition coefficient (Wildman–Crippen LogP) is 4.93. The van der Waals surface area contributed by atoms with Crippen molar-refractivity contribution < 1.29 is 19.4 Å². The number of aryl methyl sites for hydroxylation is 1. The number of phenols is 1. The molecule has 1 N–H and O–H groups in total. The molecular formula is C22H18O4. The molecule has 4 nitrogen and oxygen atoms in total. The molecule has 1 heterocycles. The lowest BCUT2D eigenvalue weighted by Crippen LogP contribution is -2.20. The molecule has 4 heteroatoms. The van der Waals surface area contributed by atoms with E-state index in [0.717, 1.165) is 22.6 Å². The SMILES string of the molecule is Cc1ccc(Oc2ccc(C3CC(=O)Oc4cc(O)ccc43)cc2)cc1. The van der Waals surface area contributed by atoms with Crippen molar-refractivity contribution in [2.24, 2.45) is 0 Å². The van der Waals surface area contributed by atoms with Gasteiger partial charge in [0.25, 0.3) is 0 Å². The highest BCUT2D eigenvalue weighted by molar-refractivity contribution is 5.78. The fourth-order valence-electron chi connectivity index (χ4n) is 3.15. The number of carbonyl (C=O) groups excluding carboxylic acids is 1. The molecule has 0 amide bonds. The molecule has 0 fully saturated rings. The van der Waals surface area contributed by atoms with Gasteiger partial charge in [-0.25, -0.2) is 0 Å². The molecule has 0 saturated heterocycles. The van der Waals surface area contributed by atoms with Gasteiger partial charge < -0.3 is 14.6 Å². The smallest absolute Gasteiger partial charge is 0.312 e. The third kappa shape index (κ3) is 3.26. The summed E-state index contributed by atoms with van der Waals surface area (Å²) in [5.41, 5.74) is 3.08. The molecule has 1 atom stereocenters. The topological polar surface area (TPSA) is 55.8 Å². The van der Waals surface area contributed by atoms with Crippen molar-refractivity contribution in [2.45, 2.75) is 19.3 Å². The highest BCUT2D eigenvalue weighted by Crippen LogP contribution is 2.40. The summed E-state index contributed by atoms with van der Waals surface area (Å²) >= 11 is 0. The highest BCUT2D eigenvalue weighted by atomic mass is 16.5. The minimum atomic E-state index is -0.298. The van der Waals surface area contributed by atoms with E-state index >= 15 is 0 Å². The van der Waals surface area contributed by atoms with Gasteiger partial charge in [0, 0.05) is 17.5 Å². The number of fused-ring (bicyclic) bond motifs is 1. The second-order valence-electron chi connectivity index (χ2n) is 6.44. The first-order valence-corrected chi connectivity index (χ1v) is 8.46. The molecule has 26 heavy (non-hydrogen) atoms. The number of aromatic hydroxyl groups is 1. The summed E-state index contributed by atoms with van der Waals surface area (Å²) in [5, 5.41) is 9.62. The fraction of sp³-hybridized carbons (Fsp3) is 0.136. The molecule has 0 saturated carbocycles. The Morgan fingerprint density at radius 1 is 0.962 bits per heavy atom. The molecule has 0 spiro atoms. The lowest BCUT2D eigenvalue weighted by molar-refractivity contribution is -0.135. The normalized spacial score (nSPS) is 15.9. The lowest BCUT2D eigenvalue weighted by Gasteiger charge is -2.25. The summed E-state index contributed by atoms with van der Waals surface area (Å²) in [5.74, 6) is 1.63. The maximum atomic E-state index is 11.9. The Bertz CT molecular complexity index is 943. The fourth-order valence-corrected chi connectivity index (χ4v) is 3.15.